The lowest BCUT2D eigenvalue weighted by Gasteiger charge is -2.04. The maximum absolute atomic E-state index is 10.4. The zero-order chi connectivity index (χ0) is 9.23. The van der Waals surface area contributed by atoms with E-state index in [4.69, 9.17) is 4.84 Å². The van der Waals surface area contributed by atoms with Crippen LogP contribution in [0.1, 0.15) is 26.7 Å². The van der Waals surface area contributed by atoms with Crippen LogP contribution in [0.4, 0.5) is 0 Å². The molecule has 0 saturated heterocycles. The summed E-state index contributed by atoms with van der Waals surface area (Å²) < 4.78 is 0. The second-order valence-corrected chi connectivity index (χ2v) is 2.58. The number of carbonyl (C=O) groups excluding carboxylic acids is 1. The van der Waals surface area contributed by atoms with Gasteiger partial charge in [0.2, 0.25) is 5.91 Å². The van der Waals surface area contributed by atoms with Crippen LogP contribution in [0.25, 0.3) is 0 Å². The lowest BCUT2D eigenvalue weighted by atomic mass is 10.4. The number of hydrogen-bond acceptors (Lipinski definition) is 3. The van der Waals surface area contributed by atoms with Crippen LogP contribution in [0.3, 0.4) is 0 Å². The second-order valence-electron chi connectivity index (χ2n) is 2.58. The summed E-state index contributed by atoms with van der Waals surface area (Å²) in [5.74, 6) is 0.0107. The molecule has 0 atom stereocenters. The fraction of sp³-hybridized carbons (Fsp3) is 0.875. The molecular weight excluding hydrogens is 156 g/mol. The van der Waals surface area contributed by atoms with Crippen molar-refractivity contribution in [3.05, 3.63) is 0 Å². The van der Waals surface area contributed by atoms with Gasteiger partial charge in [0.25, 0.3) is 0 Å². The Hall–Kier alpha value is -0.610. The van der Waals surface area contributed by atoms with Crippen molar-refractivity contribution in [1.82, 2.24) is 10.8 Å². The molecule has 0 aliphatic carbocycles. The summed E-state index contributed by atoms with van der Waals surface area (Å²) in [4.78, 5) is 15.5. The molecule has 1 amide bonds. The molecule has 4 heteroatoms. The fourth-order valence-corrected chi connectivity index (χ4v) is 0.655. The first-order valence-electron chi connectivity index (χ1n) is 4.36. The zero-order valence-electron chi connectivity index (χ0n) is 7.85. The van der Waals surface area contributed by atoms with Gasteiger partial charge in [-0.15, -0.1) is 0 Å². The highest BCUT2D eigenvalue weighted by molar-refractivity contribution is 5.72. The molecule has 0 bridgehead atoms. The first-order valence-corrected chi connectivity index (χ1v) is 4.36. The van der Waals surface area contributed by atoms with Crippen LogP contribution < -0.4 is 10.8 Å². The average Bonchev–Trinajstić information content (AvgIpc) is 2.02. The number of hydroxylamine groups is 1. The third-order valence-corrected chi connectivity index (χ3v) is 1.25. The van der Waals surface area contributed by atoms with Crippen LogP contribution in [0.15, 0.2) is 0 Å². The molecule has 0 aromatic rings. The normalized spacial score (nSPS) is 9.83. The monoisotopic (exact) mass is 174 g/mol. The topological polar surface area (TPSA) is 50.4 Å². The van der Waals surface area contributed by atoms with Gasteiger partial charge in [-0.3, -0.25) is 4.79 Å². The minimum atomic E-state index is 0.0107. The molecule has 72 valence electrons. The van der Waals surface area contributed by atoms with E-state index in [1.165, 1.54) is 6.92 Å². The summed E-state index contributed by atoms with van der Waals surface area (Å²) >= 11 is 0. The molecule has 2 N–H and O–H groups in total. The van der Waals surface area contributed by atoms with Gasteiger partial charge in [-0.1, -0.05) is 6.92 Å². The number of hydrogen-bond donors (Lipinski definition) is 2. The molecule has 4 nitrogen and oxygen atoms in total. The van der Waals surface area contributed by atoms with Gasteiger partial charge in [-0.2, -0.15) is 0 Å². The van der Waals surface area contributed by atoms with E-state index >= 15 is 0 Å². The Morgan fingerprint density at radius 3 is 2.75 bits per heavy atom. The molecule has 0 heterocycles. The molecule has 0 rings (SSSR count). The second kappa shape index (κ2) is 8.49. The predicted molar refractivity (Wildman–Crippen MR) is 47.5 cm³/mol. The van der Waals surface area contributed by atoms with E-state index in [-0.39, 0.29) is 5.91 Å². The minimum Gasteiger partial charge on any atom is -0.356 e. The summed E-state index contributed by atoms with van der Waals surface area (Å²) in [7, 11) is 0. The van der Waals surface area contributed by atoms with E-state index in [1.54, 1.807) is 0 Å². The fourth-order valence-electron chi connectivity index (χ4n) is 0.655. The van der Waals surface area contributed by atoms with Crippen molar-refractivity contribution < 1.29 is 9.63 Å². The maximum atomic E-state index is 10.4. The number of rotatable bonds is 7. The average molecular weight is 174 g/mol. The van der Waals surface area contributed by atoms with Crippen LogP contribution in [-0.4, -0.2) is 25.6 Å². The highest BCUT2D eigenvalue weighted by Crippen LogP contribution is 1.78. The van der Waals surface area contributed by atoms with Crippen molar-refractivity contribution in [3.63, 3.8) is 0 Å². The predicted octanol–water partition coefficient (Wildman–Crippen LogP) is 0.444. The molecular formula is C8H18N2O2. The van der Waals surface area contributed by atoms with E-state index in [0.717, 1.165) is 19.4 Å². The van der Waals surface area contributed by atoms with Crippen molar-refractivity contribution in [1.29, 1.82) is 0 Å². The van der Waals surface area contributed by atoms with Crippen molar-refractivity contribution in [3.8, 4) is 0 Å². The highest BCUT2D eigenvalue weighted by Gasteiger charge is 1.90. The van der Waals surface area contributed by atoms with Crippen LogP contribution in [0.5, 0.6) is 0 Å². The Morgan fingerprint density at radius 1 is 1.42 bits per heavy atom. The Kier molecular flexibility index (Phi) is 8.05. The van der Waals surface area contributed by atoms with Gasteiger partial charge in [-0.05, 0) is 12.8 Å². The molecule has 0 aliphatic heterocycles. The molecule has 0 aromatic heterocycles. The van der Waals surface area contributed by atoms with Gasteiger partial charge < -0.3 is 10.2 Å². The van der Waals surface area contributed by atoms with Crippen molar-refractivity contribution >= 4 is 5.91 Å². The standard InChI is InChI=1S/C8H18N2O2/c1-3-5-10-12-7-4-6-9-8(2)11/h10H,3-7H2,1-2H3,(H,9,11). The van der Waals surface area contributed by atoms with Crippen molar-refractivity contribution in [2.75, 3.05) is 19.7 Å². The Bertz CT molecular complexity index is 118. The summed E-state index contributed by atoms with van der Waals surface area (Å²) in [5.41, 5.74) is 2.81. The number of nitrogens with one attached hydrogen (secondary N) is 2. The SMILES string of the molecule is CCCNOCCCNC(C)=O. The largest absolute Gasteiger partial charge is 0.356 e. The molecule has 0 aliphatic rings. The molecule has 12 heavy (non-hydrogen) atoms. The third kappa shape index (κ3) is 9.39. The summed E-state index contributed by atoms with van der Waals surface area (Å²) in [6.07, 6.45) is 1.90. The van der Waals surface area contributed by atoms with E-state index in [9.17, 15) is 4.79 Å². The van der Waals surface area contributed by atoms with Gasteiger partial charge in [-0.25, -0.2) is 5.48 Å². The molecule has 0 spiro atoms. The molecule has 0 saturated carbocycles. The van der Waals surface area contributed by atoms with E-state index in [2.05, 4.69) is 17.7 Å². The lowest BCUT2D eigenvalue weighted by molar-refractivity contribution is -0.119. The lowest BCUT2D eigenvalue weighted by Crippen LogP contribution is -2.23. The van der Waals surface area contributed by atoms with E-state index < -0.39 is 0 Å². The smallest absolute Gasteiger partial charge is 0.216 e. The van der Waals surface area contributed by atoms with Crippen LogP contribution in [0.2, 0.25) is 0 Å². The van der Waals surface area contributed by atoms with Gasteiger partial charge >= 0.3 is 0 Å². The third-order valence-electron chi connectivity index (χ3n) is 1.25. The quantitative estimate of drug-likeness (QED) is 0.435. The van der Waals surface area contributed by atoms with E-state index in [0.29, 0.717) is 13.2 Å². The van der Waals surface area contributed by atoms with Crippen molar-refractivity contribution in [2.24, 2.45) is 0 Å². The van der Waals surface area contributed by atoms with Gasteiger partial charge in [0.1, 0.15) is 0 Å². The summed E-state index contributed by atoms with van der Waals surface area (Å²) in [5, 5.41) is 2.69. The highest BCUT2D eigenvalue weighted by atomic mass is 16.6. The summed E-state index contributed by atoms with van der Waals surface area (Å²) in [6.45, 7) is 5.79. The molecule has 0 radical (unpaired) electrons. The molecule has 0 aromatic carbocycles. The zero-order valence-corrected chi connectivity index (χ0v) is 7.85. The van der Waals surface area contributed by atoms with Crippen LogP contribution >= 0.6 is 0 Å². The van der Waals surface area contributed by atoms with E-state index in [1.807, 2.05) is 0 Å². The Balaban J connectivity index is 2.86. The van der Waals surface area contributed by atoms with Gasteiger partial charge in [0.05, 0.1) is 6.61 Å². The Labute approximate surface area is 73.6 Å². The minimum absolute atomic E-state index is 0.0107. The maximum Gasteiger partial charge on any atom is 0.216 e. The first kappa shape index (κ1) is 11.4. The van der Waals surface area contributed by atoms with Crippen LogP contribution in [0, 0.1) is 0 Å². The molecule has 0 fully saturated rings. The summed E-state index contributed by atoms with van der Waals surface area (Å²) in [6, 6.07) is 0. The Morgan fingerprint density at radius 2 is 2.17 bits per heavy atom. The number of carbonyl (C=O) groups is 1. The van der Waals surface area contributed by atoms with Crippen molar-refractivity contribution in [2.45, 2.75) is 26.7 Å². The van der Waals surface area contributed by atoms with Gasteiger partial charge in [0, 0.05) is 20.0 Å². The molecule has 0 unspecified atom stereocenters. The first-order chi connectivity index (χ1) is 5.77. The number of amides is 1. The van der Waals surface area contributed by atoms with Crippen LogP contribution in [-0.2, 0) is 9.63 Å². The van der Waals surface area contributed by atoms with Gasteiger partial charge in [0.15, 0.2) is 0 Å².